The number of carboxylic acid groups (broad SMARTS) is 1. The normalized spacial score (nSPS) is 14.8. The summed E-state index contributed by atoms with van der Waals surface area (Å²) in [6.07, 6.45) is -7.68. The van der Waals surface area contributed by atoms with E-state index in [9.17, 15) is 36.2 Å². The van der Waals surface area contributed by atoms with Gasteiger partial charge in [-0.2, -0.15) is 13.2 Å². The van der Waals surface area contributed by atoms with Crippen molar-refractivity contribution in [2.45, 2.75) is 44.9 Å². The van der Waals surface area contributed by atoms with Crippen LogP contribution in [0.5, 0.6) is 5.75 Å². The van der Waals surface area contributed by atoms with Gasteiger partial charge in [-0.25, -0.2) is 19.7 Å². The van der Waals surface area contributed by atoms with Crippen molar-refractivity contribution >= 4 is 23.0 Å². The number of imidazole rings is 1. The minimum absolute atomic E-state index is 0.0753. The second kappa shape index (κ2) is 9.99. The second-order valence-electron chi connectivity index (χ2n) is 9.40. The number of benzene rings is 2. The summed E-state index contributed by atoms with van der Waals surface area (Å²) in [7, 11) is 0. The van der Waals surface area contributed by atoms with Crippen molar-refractivity contribution in [1.29, 1.82) is 0 Å². The van der Waals surface area contributed by atoms with Crippen LogP contribution >= 0.6 is 0 Å². The molecule has 1 aliphatic rings. The van der Waals surface area contributed by atoms with Gasteiger partial charge in [0.15, 0.2) is 11.5 Å². The van der Waals surface area contributed by atoms with Crippen LogP contribution in [0.15, 0.2) is 48.5 Å². The molecule has 210 valence electrons. The smallest absolute Gasteiger partial charge is 0.475 e. The average Bonchev–Trinajstić information content (AvgIpc) is 3.66. The number of halogens is 6. The van der Waals surface area contributed by atoms with Crippen LogP contribution in [-0.4, -0.2) is 43.0 Å². The third-order valence-electron chi connectivity index (χ3n) is 6.46. The Hall–Kier alpha value is -4.36. The lowest BCUT2D eigenvalue weighted by molar-refractivity contribution is -0.274. The zero-order valence-corrected chi connectivity index (χ0v) is 20.7. The van der Waals surface area contributed by atoms with Crippen molar-refractivity contribution in [3.05, 3.63) is 65.5 Å². The molecule has 1 saturated carbocycles. The largest absolute Gasteiger partial charge is 0.573 e. The molecule has 0 spiro atoms. The van der Waals surface area contributed by atoms with Crippen LogP contribution in [0.1, 0.15) is 41.5 Å². The first-order valence-corrected chi connectivity index (χ1v) is 12.1. The third kappa shape index (κ3) is 5.80. The molecule has 4 aromatic rings. The number of ether oxygens (including phenoxy) is 1. The predicted octanol–water partition coefficient (Wildman–Crippen LogP) is 6.37. The Kier molecular flexibility index (Phi) is 6.80. The summed E-state index contributed by atoms with van der Waals surface area (Å²) in [5, 5.41) is 12.8. The van der Waals surface area contributed by atoms with Crippen LogP contribution in [0, 0.1) is 5.92 Å². The summed E-state index contributed by atoms with van der Waals surface area (Å²) in [4.78, 5) is 24.3. The molecule has 2 aromatic carbocycles. The van der Waals surface area contributed by atoms with Gasteiger partial charge in [-0.1, -0.05) is 24.3 Å². The SMILES string of the molecule is CC(Nc1nc(C(=O)O)nc2nc(-c3ccccc3OC(F)(F)F)n(Cc3ccc(C(F)(F)F)cc3)c12)C1CC1. The van der Waals surface area contributed by atoms with E-state index < -0.39 is 35.6 Å². The molecule has 14 heteroatoms. The maximum absolute atomic E-state index is 13.2. The molecule has 1 unspecified atom stereocenters. The van der Waals surface area contributed by atoms with Crippen LogP contribution in [0.4, 0.5) is 32.2 Å². The molecule has 0 amide bonds. The zero-order chi connectivity index (χ0) is 28.8. The van der Waals surface area contributed by atoms with Gasteiger partial charge >= 0.3 is 18.5 Å². The Morgan fingerprint density at radius 1 is 1.05 bits per heavy atom. The number of carbonyl (C=O) groups is 1. The molecule has 0 bridgehead atoms. The van der Waals surface area contributed by atoms with E-state index in [1.807, 2.05) is 6.92 Å². The Morgan fingerprint density at radius 3 is 2.33 bits per heavy atom. The Morgan fingerprint density at radius 2 is 1.73 bits per heavy atom. The van der Waals surface area contributed by atoms with Crippen molar-refractivity contribution in [2.24, 2.45) is 5.92 Å². The number of aromatic carboxylic acids is 1. The fourth-order valence-corrected chi connectivity index (χ4v) is 4.37. The summed E-state index contributed by atoms with van der Waals surface area (Å²) >= 11 is 0. The fourth-order valence-electron chi connectivity index (χ4n) is 4.37. The molecule has 8 nitrogen and oxygen atoms in total. The number of nitrogens with zero attached hydrogens (tertiary/aromatic N) is 4. The van der Waals surface area contributed by atoms with Gasteiger partial charge in [0.25, 0.3) is 0 Å². The molecular formula is C26H21F6N5O3. The number of carboxylic acids is 1. The van der Waals surface area contributed by atoms with E-state index in [4.69, 9.17) is 0 Å². The summed E-state index contributed by atoms with van der Waals surface area (Å²) in [6, 6.07) is 9.35. The Labute approximate surface area is 222 Å². The minimum atomic E-state index is -5.02. The van der Waals surface area contributed by atoms with Crippen LogP contribution in [0.3, 0.4) is 0 Å². The van der Waals surface area contributed by atoms with Crippen molar-refractivity contribution in [3.63, 3.8) is 0 Å². The minimum Gasteiger partial charge on any atom is -0.475 e. The average molecular weight is 565 g/mol. The summed E-state index contributed by atoms with van der Waals surface area (Å²) in [5.74, 6) is -2.28. The predicted molar refractivity (Wildman–Crippen MR) is 131 cm³/mol. The molecule has 2 heterocycles. The standard InChI is InChI=1S/C26H21F6N5O3/c1-13(15-8-9-15)33-20-19-21(35-22(34-20)24(38)39)36-23(17-4-2-3-5-18(17)40-26(30,31)32)37(19)12-14-6-10-16(11-7-14)25(27,28)29/h2-7,10-11,13,15H,8-9,12H2,1H3,(H,38,39)(H,33,34,35). The summed E-state index contributed by atoms with van der Waals surface area (Å²) in [5.41, 5.74) is -0.546. The Bertz CT molecular complexity index is 1560. The fraction of sp³-hybridized carbons (Fsp3) is 0.308. The van der Waals surface area contributed by atoms with Gasteiger partial charge in [0.05, 0.1) is 11.1 Å². The molecule has 5 rings (SSSR count). The number of fused-ring (bicyclic) bond motifs is 1. The monoisotopic (exact) mass is 565 g/mol. The molecule has 0 saturated heterocycles. The highest BCUT2D eigenvalue weighted by molar-refractivity contribution is 5.92. The summed E-state index contributed by atoms with van der Waals surface area (Å²) in [6.45, 7) is 1.74. The van der Waals surface area contributed by atoms with Gasteiger partial charge in [0, 0.05) is 12.6 Å². The van der Waals surface area contributed by atoms with Crippen LogP contribution in [0.2, 0.25) is 0 Å². The molecule has 0 radical (unpaired) electrons. The number of aromatic nitrogens is 4. The topological polar surface area (TPSA) is 102 Å². The first kappa shape index (κ1) is 27.2. The van der Waals surface area contributed by atoms with Gasteiger partial charge in [0.1, 0.15) is 17.1 Å². The molecule has 1 aliphatic carbocycles. The maximum atomic E-state index is 13.2. The molecule has 40 heavy (non-hydrogen) atoms. The van der Waals surface area contributed by atoms with Crippen molar-refractivity contribution in [3.8, 4) is 17.1 Å². The second-order valence-corrected chi connectivity index (χ2v) is 9.40. The van der Waals surface area contributed by atoms with Gasteiger partial charge in [-0.15, -0.1) is 13.2 Å². The lowest BCUT2D eigenvalue weighted by Crippen LogP contribution is -2.20. The number of rotatable bonds is 8. The van der Waals surface area contributed by atoms with E-state index in [1.165, 1.54) is 34.9 Å². The number of anilines is 1. The highest BCUT2D eigenvalue weighted by Gasteiger charge is 2.34. The first-order chi connectivity index (χ1) is 18.8. The highest BCUT2D eigenvalue weighted by Crippen LogP contribution is 2.38. The third-order valence-corrected chi connectivity index (χ3v) is 6.46. The van der Waals surface area contributed by atoms with Gasteiger partial charge in [-0.05, 0) is 55.5 Å². The molecule has 2 N–H and O–H groups in total. The van der Waals surface area contributed by atoms with Crippen LogP contribution in [0.25, 0.3) is 22.6 Å². The number of alkyl halides is 6. The molecule has 0 aliphatic heterocycles. The van der Waals surface area contributed by atoms with E-state index in [-0.39, 0.29) is 41.0 Å². The van der Waals surface area contributed by atoms with E-state index in [0.717, 1.165) is 31.0 Å². The molecule has 2 aromatic heterocycles. The Balaban J connectivity index is 1.72. The van der Waals surface area contributed by atoms with Gasteiger partial charge < -0.3 is 19.7 Å². The van der Waals surface area contributed by atoms with Gasteiger partial charge in [0.2, 0.25) is 5.82 Å². The van der Waals surface area contributed by atoms with Crippen molar-refractivity contribution in [1.82, 2.24) is 19.5 Å². The van der Waals surface area contributed by atoms with Crippen molar-refractivity contribution < 1.29 is 41.0 Å². The number of para-hydroxylation sites is 1. The van der Waals surface area contributed by atoms with Crippen molar-refractivity contribution in [2.75, 3.05) is 5.32 Å². The highest BCUT2D eigenvalue weighted by atomic mass is 19.4. The molecule has 1 atom stereocenters. The van der Waals surface area contributed by atoms with E-state index >= 15 is 0 Å². The summed E-state index contributed by atoms with van der Waals surface area (Å²) < 4.78 is 84.7. The lowest BCUT2D eigenvalue weighted by Gasteiger charge is -2.18. The quantitative estimate of drug-likeness (QED) is 0.240. The van der Waals surface area contributed by atoms with E-state index in [1.54, 1.807) is 0 Å². The lowest BCUT2D eigenvalue weighted by atomic mass is 10.1. The number of nitrogens with one attached hydrogen (secondary N) is 1. The maximum Gasteiger partial charge on any atom is 0.573 e. The molecule has 1 fully saturated rings. The van der Waals surface area contributed by atoms with Crippen LogP contribution in [-0.2, 0) is 12.7 Å². The van der Waals surface area contributed by atoms with E-state index in [2.05, 4.69) is 25.0 Å². The van der Waals surface area contributed by atoms with E-state index in [0.29, 0.717) is 11.5 Å². The zero-order valence-electron chi connectivity index (χ0n) is 20.7. The van der Waals surface area contributed by atoms with Crippen LogP contribution < -0.4 is 10.1 Å². The van der Waals surface area contributed by atoms with Gasteiger partial charge in [-0.3, -0.25) is 0 Å². The number of hydrogen-bond donors (Lipinski definition) is 2. The molecular weight excluding hydrogens is 544 g/mol. The number of hydrogen-bond acceptors (Lipinski definition) is 6. The first-order valence-electron chi connectivity index (χ1n) is 12.1.